The van der Waals surface area contributed by atoms with E-state index in [1.54, 1.807) is 42.6 Å². The van der Waals surface area contributed by atoms with Crippen LogP contribution in [0.5, 0.6) is 0 Å². The van der Waals surface area contributed by atoms with Crippen molar-refractivity contribution < 1.29 is 4.39 Å². The van der Waals surface area contributed by atoms with E-state index in [2.05, 4.69) is 35.3 Å². The van der Waals surface area contributed by atoms with Gasteiger partial charge in [0.2, 0.25) is 0 Å². The Bertz CT molecular complexity index is 1020. The molecule has 0 saturated heterocycles. The van der Waals surface area contributed by atoms with E-state index in [4.69, 9.17) is 5.26 Å². The number of rotatable bonds is 6. The number of nitriles is 1. The van der Waals surface area contributed by atoms with Crippen LogP contribution < -0.4 is 0 Å². The van der Waals surface area contributed by atoms with Gasteiger partial charge in [0.1, 0.15) is 5.82 Å². The van der Waals surface area contributed by atoms with Gasteiger partial charge in [-0.3, -0.25) is 4.99 Å². The van der Waals surface area contributed by atoms with Crippen molar-refractivity contribution in [1.82, 2.24) is 0 Å². The van der Waals surface area contributed by atoms with E-state index in [-0.39, 0.29) is 5.82 Å². The molecule has 0 bridgehead atoms. The molecule has 0 spiro atoms. The zero-order chi connectivity index (χ0) is 19.8. The Labute approximate surface area is 165 Å². The summed E-state index contributed by atoms with van der Waals surface area (Å²) in [4.78, 5) is 4.39. The van der Waals surface area contributed by atoms with Gasteiger partial charge in [0.05, 0.1) is 17.3 Å². The SMILES string of the molecule is C/C=C/CCc1ccc(C=Nc2ccc(-c3ccc(C#N)cc3)c(F)c2)cc1. The third-order valence-corrected chi connectivity index (χ3v) is 4.46. The molecule has 3 heteroatoms. The van der Waals surface area contributed by atoms with Gasteiger partial charge in [0.15, 0.2) is 0 Å². The van der Waals surface area contributed by atoms with E-state index in [0.717, 1.165) is 24.0 Å². The number of hydrogen-bond donors (Lipinski definition) is 0. The smallest absolute Gasteiger partial charge is 0.133 e. The van der Waals surface area contributed by atoms with E-state index < -0.39 is 0 Å². The van der Waals surface area contributed by atoms with Gasteiger partial charge in [0, 0.05) is 17.8 Å². The summed E-state index contributed by atoms with van der Waals surface area (Å²) in [5.74, 6) is -0.335. The highest BCUT2D eigenvalue weighted by molar-refractivity contribution is 5.82. The van der Waals surface area contributed by atoms with Crippen molar-refractivity contribution in [3.05, 3.63) is 101 Å². The Morgan fingerprint density at radius 2 is 1.75 bits per heavy atom. The monoisotopic (exact) mass is 368 g/mol. The Morgan fingerprint density at radius 1 is 1.00 bits per heavy atom. The average Bonchev–Trinajstić information content (AvgIpc) is 2.73. The van der Waals surface area contributed by atoms with Crippen LogP contribution in [-0.2, 0) is 6.42 Å². The minimum Gasteiger partial charge on any atom is -0.256 e. The van der Waals surface area contributed by atoms with Crippen LogP contribution in [0.3, 0.4) is 0 Å². The number of nitrogens with zero attached hydrogens (tertiary/aromatic N) is 2. The van der Waals surface area contributed by atoms with Crippen LogP contribution in [0.25, 0.3) is 11.1 Å². The summed E-state index contributed by atoms with van der Waals surface area (Å²) in [5.41, 5.74) is 4.61. The van der Waals surface area contributed by atoms with Gasteiger partial charge in [0.25, 0.3) is 0 Å². The fourth-order valence-electron chi connectivity index (χ4n) is 2.88. The van der Waals surface area contributed by atoms with Crippen molar-refractivity contribution in [1.29, 1.82) is 5.26 Å². The molecule has 0 aliphatic carbocycles. The van der Waals surface area contributed by atoms with Crippen molar-refractivity contribution in [2.45, 2.75) is 19.8 Å². The maximum absolute atomic E-state index is 14.5. The fourth-order valence-corrected chi connectivity index (χ4v) is 2.88. The molecule has 0 aromatic heterocycles. The maximum atomic E-state index is 14.5. The Morgan fingerprint density at radius 3 is 2.39 bits per heavy atom. The van der Waals surface area contributed by atoms with Crippen molar-refractivity contribution in [2.75, 3.05) is 0 Å². The van der Waals surface area contributed by atoms with Crippen LogP contribution in [0.2, 0.25) is 0 Å². The highest BCUT2D eigenvalue weighted by Crippen LogP contribution is 2.26. The number of hydrogen-bond acceptors (Lipinski definition) is 2. The van der Waals surface area contributed by atoms with Crippen LogP contribution in [0, 0.1) is 17.1 Å². The van der Waals surface area contributed by atoms with Crippen LogP contribution in [0.4, 0.5) is 10.1 Å². The molecule has 138 valence electrons. The molecule has 3 aromatic carbocycles. The normalized spacial score (nSPS) is 11.2. The van der Waals surface area contributed by atoms with Crippen molar-refractivity contribution in [3.63, 3.8) is 0 Å². The van der Waals surface area contributed by atoms with Crippen LogP contribution in [0.15, 0.2) is 83.9 Å². The van der Waals surface area contributed by atoms with E-state index in [0.29, 0.717) is 16.8 Å². The first-order valence-electron chi connectivity index (χ1n) is 9.24. The topological polar surface area (TPSA) is 36.1 Å². The Kier molecular flexibility index (Phi) is 6.49. The van der Waals surface area contributed by atoms with Gasteiger partial charge in [-0.2, -0.15) is 5.26 Å². The number of aryl methyl sites for hydroxylation is 1. The lowest BCUT2D eigenvalue weighted by molar-refractivity contribution is 0.631. The van der Waals surface area contributed by atoms with Crippen LogP contribution >= 0.6 is 0 Å². The number of aliphatic imine (C=N–C) groups is 1. The molecular formula is C25H21FN2. The lowest BCUT2D eigenvalue weighted by atomic mass is 10.0. The lowest BCUT2D eigenvalue weighted by Gasteiger charge is -2.05. The molecule has 28 heavy (non-hydrogen) atoms. The molecule has 0 heterocycles. The molecule has 0 atom stereocenters. The predicted molar refractivity (Wildman–Crippen MR) is 113 cm³/mol. The molecule has 0 aliphatic heterocycles. The van der Waals surface area contributed by atoms with Gasteiger partial charge < -0.3 is 0 Å². The molecule has 2 nitrogen and oxygen atoms in total. The third kappa shape index (κ3) is 5.02. The van der Waals surface area contributed by atoms with Crippen molar-refractivity contribution in [3.8, 4) is 17.2 Å². The first-order valence-corrected chi connectivity index (χ1v) is 9.24. The van der Waals surface area contributed by atoms with Crippen LogP contribution in [-0.4, -0.2) is 6.21 Å². The van der Waals surface area contributed by atoms with E-state index >= 15 is 0 Å². The third-order valence-electron chi connectivity index (χ3n) is 4.46. The zero-order valence-corrected chi connectivity index (χ0v) is 15.8. The second kappa shape index (κ2) is 9.43. The molecule has 3 aromatic rings. The summed E-state index contributed by atoms with van der Waals surface area (Å²) in [6.07, 6.45) is 8.02. The minimum absolute atomic E-state index is 0.335. The van der Waals surface area contributed by atoms with Gasteiger partial charge in [-0.1, -0.05) is 48.6 Å². The van der Waals surface area contributed by atoms with E-state index in [9.17, 15) is 4.39 Å². The maximum Gasteiger partial charge on any atom is 0.133 e. The van der Waals surface area contributed by atoms with Crippen molar-refractivity contribution in [2.24, 2.45) is 4.99 Å². The summed E-state index contributed by atoms with van der Waals surface area (Å²) in [5, 5.41) is 8.86. The minimum atomic E-state index is -0.335. The Balaban J connectivity index is 1.70. The molecule has 0 aliphatic rings. The zero-order valence-electron chi connectivity index (χ0n) is 15.8. The molecule has 0 amide bonds. The van der Waals surface area contributed by atoms with Gasteiger partial charge in [-0.05, 0) is 60.7 Å². The van der Waals surface area contributed by atoms with Gasteiger partial charge in [-0.25, -0.2) is 4.39 Å². The average molecular weight is 368 g/mol. The number of allylic oxidation sites excluding steroid dienone is 2. The molecular weight excluding hydrogens is 347 g/mol. The fraction of sp³-hybridized carbons (Fsp3) is 0.120. The quantitative estimate of drug-likeness (QED) is 0.355. The second-order valence-electron chi connectivity index (χ2n) is 6.46. The molecule has 3 rings (SSSR count). The molecule has 0 N–H and O–H groups in total. The summed E-state index contributed by atoms with van der Waals surface area (Å²) < 4.78 is 14.5. The lowest BCUT2D eigenvalue weighted by Crippen LogP contribution is -1.87. The predicted octanol–water partition coefficient (Wildman–Crippen LogP) is 6.62. The Hall–Kier alpha value is -3.51. The number of benzene rings is 3. The van der Waals surface area contributed by atoms with Crippen molar-refractivity contribution >= 4 is 11.9 Å². The largest absolute Gasteiger partial charge is 0.256 e. The van der Waals surface area contributed by atoms with Gasteiger partial charge >= 0.3 is 0 Å². The first-order chi connectivity index (χ1) is 13.7. The highest BCUT2D eigenvalue weighted by atomic mass is 19.1. The summed E-state index contributed by atoms with van der Waals surface area (Å²) in [6.45, 7) is 2.03. The molecule has 0 radical (unpaired) electrons. The second-order valence-corrected chi connectivity index (χ2v) is 6.46. The standard InChI is InChI=1S/C25H21FN2/c1-2-3-4-5-19-6-8-21(9-7-19)18-28-23-14-15-24(25(26)16-23)22-12-10-20(17-27)11-13-22/h2-3,6-16,18H,4-5H2,1H3/b3-2+,28-18?. The molecule has 0 fully saturated rings. The number of halogens is 1. The molecule has 0 saturated carbocycles. The van der Waals surface area contributed by atoms with E-state index in [1.807, 2.05) is 19.1 Å². The summed E-state index contributed by atoms with van der Waals surface area (Å²) >= 11 is 0. The first kappa shape index (κ1) is 19.3. The highest BCUT2D eigenvalue weighted by Gasteiger charge is 2.06. The summed E-state index contributed by atoms with van der Waals surface area (Å²) in [6, 6.07) is 22.1. The molecule has 0 unspecified atom stereocenters. The van der Waals surface area contributed by atoms with Gasteiger partial charge in [-0.15, -0.1) is 0 Å². The van der Waals surface area contributed by atoms with E-state index in [1.165, 1.54) is 11.6 Å². The van der Waals surface area contributed by atoms with Crippen LogP contribution in [0.1, 0.15) is 30.0 Å². The summed E-state index contributed by atoms with van der Waals surface area (Å²) in [7, 11) is 0.